The number of hydrogen-bond donors (Lipinski definition) is 1. The summed E-state index contributed by atoms with van der Waals surface area (Å²) >= 11 is 3.48. The smallest absolute Gasteiger partial charge is 0.276 e. The van der Waals surface area contributed by atoms with Crippen molar-refractivity contribution in [1.29, 1.82) is 0 Å². The van der Waals surface area contributed by atoms with E-state index in [1.54, 1.807) is 25.4 Å². The summed E-state index contributed by atoms with van der Waals surface area (Å²) in [5.41, 5.74) is 2.71. The van der Waals surface area contributed by atoms with Crippen LogP contribution >= 0.6 is 15.9 Å². The fourth-order valence-electron chi connectivity index (χ4n) is 2.27. The number of halogens is 1. The quantitative estimate of drug-likeness (QED) is 0.510. The number of benzene rings is 1. The third kappa shape index (κ3) is 5.43. The number of aromatic nitrogens is 1. The molecule has 2 aromatic rings. The molecule has 0 aliphatic carbocycles. The first-order valence-electron chi connectivity index (χ1n) is 8.56. The van der Waals surface area contributed by atoms with Crippen LogP contribution in [0.2, 0.25) is 0 Å². The summed E-state index contributed by atoms with van der Waals surface area (Å²) in [7, 11) is 1.58. The van der Waals surface area contributed by atoms with Crippen LogP contribution in [0.5, 0.6) is 11.5 Å². The molecule has 0 aliphatic heterocycles. The molecule has 144 valence electrons. The van der Waals surface area contributed by atoms with E-state index in [-0.39, 0.29) is 11.1 Å². The number of carbonyl (C=O) groups is 1. The van der Waals surface area contributed by atoms with E-state index in [0.29, 0.717) is 30.3 Å². The van der Waals surface area contributed by atoms with Crippen molar-refractivity contribution < 1.29 is 14.3 Å². The van der Waals surface area contributed by atoms with E-state index in [2.05, 4.69) is 26.5 Å². The number of hydrazone groups is 1. The van der Waals surface area contributed by atoms with E-state index in [1.165, 1.54) is 16.8 Å². The summed E-state index contributed by atoms with van der Waals surface area (Å²) in [4.78, 5) is 24.1. The first-order valence-corrected chi connectivity index (χ1v) is 9.35. The monoisotopic (exact) mass is 435 g/mol. The minimum absolute atomic E-state index is 0.0247. The molecule has 27 heavy (non-hydrogen) atoms. The van der Waals surface area contributed by atoms with E-state index in [9.17, 15) is 9.59 Å². The molecule has 0 saturated carbocycles. The minimum Gasteiger partial charge on any atom is -0.490 e. The summed E-state index contributed by atoms with van der Waals surface area (Å²) in [5.74, 6) is 0.650. The number of aryl methyl sites for hydroxylation is 1. The maximum Gasteiger partial charge on any atom is 0.276 e. The second-order valence-electron chi connectivity index (χ2n) is 5.65. The van der Waals surface area contributed by atoms with Gasteiger partial charge in [0.25, 0.3) is 11.5 Å². The van der Waals surface area contributed by atoms with Crippen molar-refractivity contribution in [3.63, 3.8) is 0 Å². The zero-order valence-electron chi connectivity index (χ0n) is 15.5. The molecule has 0 fully saturated rings. The lowest BCUT2D eigenvalue weighted by Gasteiger charge is -2.14. The van der Waals surface area contributed by atoms with Gasteiger partial charge in [-0.2, -0.15) is 5.10 Å². The van der Waals surface area contributed by atoms with Gasteiger partial charge in [-0.3, -0.25) is 9.59 Å². The van der Waals surface area contributed by atoms with Gasteiger partial charge in [-0.15, -0.1) is 0 Å². The summed E-state index contributed by atoms with van der Waals surface area (Å²) in [6.45, 7) is 4.98. The molecule has 1 aromatic carbocycles. The van der Waals surface area contributed by atoms with Gasteiger partial charge in [-0.05, 0) is 59.1 Å². The van der Waals surface area contributed by atoms with Gasteiger partial charge in [0.05, 0.1) is 23.9 Å². The Morgan fingerprint density at radius 2 is 2.11 bits per heavy atom. The Balaban J connectivity index is 2.17. The fraction of sp³-hybridized carbons (Fsp3) is 0.316. The second kappa shape index (κ2) is 9.91. The van der Waals surface area contributed by atoms with Crippen molar-refractivity contribution in [2.45, 2.75) is 20.3 Å². The number of hydrogen-bond acceptors (Lipinski definition) is 5. The molecule has 0 unspecified atom stereocenters. The first kappa shape index (κ1) is 20.7. The van der Waals surface area contributed by atoms with Gasteiger partial charge in [-0.1, -0.05) is 6.92 Å². The molecule has 1 amide bonds. The Labute approximate surface area is 166 Å². The van der Waals surface area contributed by atoms with Crippen molar-refractivity contribution >= 4 is 28.1 Å². The number of nitrogens with one attached hydrogen (secondary N) is 1. The minimum atomic E-state index is -0.570. The highest BCUT2D eigenvalue weighted by molar-refractivity contribution is 9.10. The molecule has 0 saturated heterocycles. The molecule has 0 spiro atoms. The molecule has 7 nitrogen and oxygen atoms in total. The highest BCUT2D eigenvalue weighted by atomic mass is 79.9. The highest BCUT2D eigenvalue weighted by Gasteiger charge is 2.12. The molecule has 1 heterocycles. The number of ether oxygens (including phenoxy) is 2. The maximum absolute atomic E-state index is 12.1. The van der Waals surface area contributed by atoms with Crippen LogP contribution in [0.25, 0.3) is 0 Å². The molecular formula is C19H22BrN3O4. The lowest BCUT2D eigenvalue weighted by molar-refractivity contribution is 0.0953. The Bertz CT molecular complexity index is 893. The molecule has 0 radical (unpaired) electrons. The van der Waals surface area contributed by atoms with Crippen molar-refractivity contribution in [3.05, 3.63) is 56.4 Å². The van der Waals surface area contributed by atoms with Gasteiger partial charge in [-0.25, -0.2) is 5.43 Å². The third-order valence-corrected chi connectivity index (χ3v) is 4.12. The average Bonchev–Trinajstić information content (AvgIpc) is 2.63. The Morgan fingerprint density at radius 3 is 2.81 bits per heavy atom. The van der Waals surface area contributed by atoms with E-state index >= 15 is 0 Å². The van der Waals surface area contributed by atoms with Gasteiger partial charge in [0.2, 0.25) is 0 Å². The molecule has 0 aliphatic rings. The Hall–Kier alpha value is -2.61. The Kier molecular flexibility index (Phi) is 7.60. The molecule has 1 aromatic heterocycles. The van der Waals surface area contributed by atoms with Crippen LogP contribution in [0.15, 0.2) is 44.8 Å². The summed E-state index contributed by atoms with van der Waals surface area (Å²) < 4.78 is 13.4. The summed E-state index contributed by atoms with van der Waals surface area (Å²) in [6, 6.07) is 6.67. The number of carbonyl (C=O) groups excluding carboxylic acids is 1. The largest absolute Gasteiger partial charge is 0.490 e. The van der Waals surface area contributed by atoms with Gasteiger partial charge in [0.1, 0.15) is 5.56 Å². The van der Waals surface area contributed by atoms with Crippen LogP contribution in [0.3, 0.4) is 0 Å². The average molecular weight is 436 g/mol. The van der Waals surface area contributed by atoms with Crippen molar-refractivity contribution in [2.24, 2.45) is 12.1 Å². The van der Waals surface area contributed by atoms with E-state index in [1.807, 2.05) is 19.9 Å². The normalized spacial score (nSPS) is 10.8. The number of amides is 1. The van der Waals surface area contributed by atoms with Crippen molar-refractivity contribution in [2.75, 3.05) is 13.2 Å². The zero-order chi connectivity index (χ0) is 19.8. The van der Waals surface area contributed by atoms with Crippen LogP contribution in [0.1, 0.15) is 36.2 Å². The molecule has 0 bridgehead atoms. The molecule has 1 N–H and O–H groups in total. The second-order valence-corrected chi connectivity index (χ2v) is 6.50. The predicted octanol–water partition coefficient (Wildman–Crippen LogP) is 3.10. The predicted molar refractivity (Wildman–Crippen MR) is 108 cm³/mol. The van der Waals surface area contributed by atoms with Gasteiger partial charge in [0, 0.05) is 13.2 Å². The number of nitrogens with zero attached hydrogens (tertiary/aromatic N) is 2. The van der Waals surface area contributed by atoms with E-state index in [0.717, 1.165) is 10.9 Å². The van der Waals surface area contributed by atoms with Crippen LogP contribution in [0.4, 0.5) is 0 Å². The lowest BCUT2D eigenvalue weighted by Crippen LogP contribution is -2.29. The van der Waals surface area contributed by atoms with Crippen LogP contribution in [-0.2, 0) is 7.05 Å². The molecule has 2 rings (SSSR count). The SMILES string of the molecule is CCCOc1c(Br)cc(/C=N\NC(=O)c2cccn(C)c2=O)cc1OCC. The molecule has 0 atom stereocenters. The highest BCUT2D eigenvalue weighted by Crippen LogP contribution is 2.36. The van der Waals surface area contributed by atoms with Gasteiger partial charge in [0.15, 0.2) is 11.5 Å². The zero-order valence-corrected chi connectivity index (χ0v) is 17.1. The van der Waals surface area contributed by atoms with Crippen LogP contribution in [0, 0.1) is 0 Å². The topological polar surface area (TPSA) is 81.9 Å². The number of pyridine rings is 1. The molecule has 8 heteroatoms. The third-order valence-electron chi connectivity index (χ3n) is 3.53. The number of rotatable bonds is 8. The van der Waals surface area contributed by atoms with Crippen LogP contribution < -0.4 is 20.5 Å². The van der Waals surface area contributed by atoms with E-state index in [4.69, 9.17) is 9.47 Å². The lowest BCUT2D eigenvalue weighted by atomic mass is 10.2. The molecular weight excluding hydrogens is 414 g/mol. The fourth-order valence-corrected chi connectivity index (χ4v) is 2.84. The van der Waals surface area contributed by atoms with Crippen LogP contribution in [-0.4, -0.2) is 29.9 Å². The van der Waals surface area contributed by atoms with E-state index < -0.39 is 5.91 Å². The van der Waals surface area contributed by atoms with Crippen molar-refractivity contribution in [3.8, 4) is 11.5 Å². The first-order chi connectivity index (χ1) is 13.0. The van der Waals surface area contributed by atoms with Crippen molar-refractivity contribution in [1.82, 2.24) is 9.99 Å². The maximum atomic E-state index is 12.1. The van der Waals surface area contributed by atoms with Gasteiger partial charge < -0.3 is 14.0 Å². The summed E-state index contributed by atoms with van der Waals surface area (Å²) in [5, 5.41) is 3.93. The van der Waals surface area contributed by atoms with Gasteiger partial charge >= 0.3 is 0 Å². The Morgan fingerprint density at radius 1 is 1.33 bits per heavy atom. The summed E-state index contributed by atoms with van der Waals surface area (Å²) in [6.07, 6.45) is 3.94. The standard InChI is InChI=1S/C19H22BrN3O4/c1-4-9-27-17-15(20)10-13(11-16(17)26-5-2)12-21-22-18(24)14-7-6-8-23(3)19(14)25/h6-8,10-12H,4-5,9H2,1-3H3,(H,22,24)/b21-12-.